The number of nitrogens with zero attached hydrogens (tertiary/aromatic N) is 4. The predicted octanol–water partition coefficient (Wildman–Crippen LogP) is 3.48. The lowest BCUT2D eigenvalue weighted by atomic mass is 10.1. The Morgan fingerprint density at radius 1 is 1.12 bits per heavy atom. The minimum absolute atomic E-state index is 0.224. The minimum atomic E-state index is -0.224. The molecule has 2 aromatic carbocycles. The van der Waals surface area contributed by atoms with Gasteiger partial charge in [0.05, 0.1) is 11.3 Å². The largest absolute Gasteiger partial charge is 0.339 e. The number of aryl methyl sites for hydroxylation is 1. The monoisotopic (exact) mass is 345 g/mol. The quantitative estimate of drug-likeness (QED) is 0.612. The van der Waals surface area contributed by atoms with Crippen molar-refractivity contribution in [2.75, 3.05) is 5.32 Å². The number of para-hydroxylation sites is 1. The number of benzene rings is 2. The van der Waals surface area contributed by atoms with E-state index in [2.05, 4.69) is 20.6 Å². The molecule has 26 heavy (non-hydrogen) atoms. The number of nitrogens with one attached hydrogen (secondary N) is 1. The molecule has 0 spiro atoms. The van der Waals surface area contributed by atoms with E-state index in [1.54, 1.807) is 36.1 Å². The Morgan fingerprint density at radius 3 is 2.77 bits per heavy atom. The summed E-state index contributed by atoms with van der Waals surface area (Å²) in [5.74, 6) is 0.746. The molecule has 2 aromatic heterocycles. The second kappa shape index (κ2) is 6.64. The third-order valence-electron chi connectivity index (χ3n) is 3.81. The first-order valence-electron chi connectivity index (χ1n) is 8.02. The highest BCUT2D eigenvalue weighted by molar-refractivity contribution is 6.06. The van der Waals surface area contributed by atoms with Gasteiger partial charge in [0.15, 0.2) is 0 Å². The van der Waals surface area contributed by atoms with Gasteiger partial charge in [-0.2, -0.15) is 10.1 Å². The zero-order valence-corrected chi connectivity index (χ0v) is 14.0. The molecule has 4 aromatic rings. The minimum Gasteiger partial charge on any atom is -0.339 e. The zero-order chi connectivity index (χ0) is 17.9. The van der Waals surface area contributed by atoms with Crippen LogP contribution in [-0.4, -0.2) is 25.8 Å². The van der Waals surface area contributed by atoms with Gasteiger partial charge in [-0.05, 0) is 30.3 Å². The first-order valence-corrected chi connectivity index (χ1v) is 8.02. The van der Waals surface area contributed by atoms with Gasteiger partial charge in [0.2, 0.25) is 11.7 Å². The molecule has 0 aliphatic carbocycles. The van der Waals surface area contributed by atoms with Crippen molar-refractivity contribution < 1.29 is 9.32 Å². The molecule has 7 nitrogen and oxygen atoms in total. The van der Waals surface area contributed by atoms with Gasteiger partial charge in [-0.15, -0.1) is 0 Å². The SMILES string of the molecule is Cc1nc(-c2cccc(NC(=O)c3ccccc3-n3cccn3)c2)no1. The number of amides is 1. The van der Waals surface area contributed by atoms with Gasteiger partial charge in [-0.3, -0.25) is 4.79 Å². The Balaban J connectivity index is 1.62. The number of rotatable bonds is 4. The van der Waals surface area contributed by atoms with Crippen molar-refractivity contribution in [3.8, 4) is 17.1 Å². The summed E-state index contributed by atoms with van der Waals surface area (Å²) >= 11 is 0. The molecule has 0 aliphatic rings. The summed E-state index contributed by atoms with van der Waals surface area (Å²) in [7, 11) is 0. The van der Waals surface area contributed by atoms with Crippen LogP contribution in [0, 0.1) is 6.92 Å². The molecule has 0 aliphatic heterocycles. The predicted molar refractivity (Wildman–Crippen MR) is 96.0 cm³/mol. The fourth-order valence-corrected chi connectivity index (χ4v) is 2.63. The van der Waals surface area contributed by atoms with Crippen molar-refractivity contribution >= 4 is 11.6 Å². The van der Waals surface area contributed by atoms with Gasteiger partial charge in [0, 0.05) is 30.6 Å². The summed E-state index contributed by atoms with van der Waals surface area (Å²) in [6.45, 7) is 1.73. The molecule has 0 saturated heterocycles. The summed E-state index contributed by atoms with van der Waals surface area (Å²) in [5.41, 5.74) is 2.64. The summed E-state index contributed by atoms with van der Waals surface area (Å²) in [6.07, 6.45) is 3.47. The lowest BCUT2D eigenvalue weighted by Gasteiger charge is -2.10. The van der Waals surface area contributed by atoms with Crippen LogP contribution >= 0.6 is 0 Å². The van der Waals surface area contributed by atoms with Gasteiger partial charge in [-0.25, -0.2) is 4.68 Å². The van der Waals surface area contributed by atoms with E-state index in [1.807, 2.05) is 42.5 Å². The molecule has 4 rings (SSSR count). The van der Waals surface area contributed by atoms with E-state index in [1.165, 1.54) is 0 Å². The highest BCUT2D eigenvalue weighted by Gasteiger charge is 2.14. The second-order valence-corrected chi connectivity index (χ2v) is 5.64. The maximum Gasteiger partial charge on any atom is 0.257 e. The average Bonchev–Trinajstić information content (AvgIpc) is 3.34. The van der Waals surface area contributed by atoms with Crippen LogP contribution in [0.2, 0.25) is 0 Å². The van der Waals surface area contributed by atoms with Crippen LogP contribution in [0.1, 0.15) is 16.2 Å². The first-order chi connectivity index (χ1) is 12.7. The average molecular weight is 345 g/mol. The maximum atomic E-state index is 12.8. The normalized spacial score (nSPS) is 10.7. The molecule has 0 saturated carbocycles. The van der Waals surface area contributed by atoms with E-state index in [9.17, 15) is 4.79 Å². The molecular formula is C19H15N5O2. The molecule has 128 valence electrons. The van der Waals surface area contributed by atoms with Crippen molar-refractivity contribution in [3.63, 3.8) is 0 Å². The molecule has 0 unspecified atom stereocenters. The lowest BCUT2D eigenvalue weighted by molar-refractivity contribution is 0.102. The van der Waals surface area contributed by atoms with E-state index in [0.717, 1.165) is 5.56 Å². The van der Waals surface area contributed by atoms with Crippen LogP contribution < -0.4 is 5.32 Å². The Kier molecular flexibility index (Phi) is 4.03. The van der Waals surface area contributed by atoms with Crippen molar-refractivity contribution in [2.45, 2.75) is 6.92 Å². The molecule has 0 fully saturated rings. The summed E-state index contributed by atoms with van der Waals surface area (Å²) in [4.78, 5) is 17.0. The zero-order valence-electron chi connectivity index (χ0n) is 14.0. The first kappa shape index (κ1) is 15.8. The highest BCUT2D eigenvalue weighted by atomic mass is 16.5. The fraction of sp³-hybridized carbons (Fsp3) is 0.0526. The van der Waals surface area contributed by atoms with E-state index in [0.29, 0.717) is 28.7 Å². The van der Waals surface area contributed by atoms with E-state index in [-0.39, 0.29) is 5.91 Å². The van der Waals surface area contributed by atoms with Crippen LogP contribution in [-0.2, 0) is 0 Å². The lowest BCUT2D eigenvalue weighted by Crippen LogP contribution is -2.15. The van der Waals surface area contributed by atoms with Crippen LogP contribution in [0.4, 0.5) is 5.69 Å². The standard InChI is InChI=1S/C19H15N5O2/c1-13-21-18(23-26-13)14-6-4-7-15(12-14)22-19(25)16-8-2-3-9-17(16)24-11-5-10-20-24/h2-12H,1H3,(H,22,25). The number of hydrogen-bond donors (Lipinski definition) is 1. The number of aromatic nitrogens is 4. The summed E-state index contributed by atoms with van der Waals surface area (Å²) < 4.78 is 6.67. The van der Waals surface area contributed by atoms with Crippen LogP contribution in [0.3, 0.4) is 0 Å². The number of hydrogen-bond acceptors (Lipinski definition) is 5. The third-order valence-corrected chi connectivity index (χ3v) is 3.81. The Labute approximate surface area is 149 Å². The molecule has 0 bridgehead atoms. The van der Waals surface area contributed by atoms with Crippen molar-refractivity contribution in [1.29, 1.82) is 0 Å². The number of anilines is 1. The van der Waals surface area contributed by atoms with Crippen molar-refractivity contribution in [2.24, 2.45) is 0 Å². The fourth-order valence-electron chi connectivity index (χ4n) is 2.63. The van der Waals surface area contributed by atoms with Gasteiger partial charge in [0.1, 0.15) is 0 Å². The van der Waals surface area contributed by atoms with E-state index in [4.69, 9.17) is 4.52 Å². The molecule has 0 atom stereocenters. The van der Waals surface area contributed by atoms with Gasteiger partial charge in [0.25, 0.3) is 5.91 Å². The van der Waals surface area contributed by atoms with E-state index < -0.39 is 0 Å². The molecule has 7 heteroatoms. The van der Waals surface area contributed by atoms with Gasteiger partial charge < -0.3 is 9.84 Å². The molecule has 1 N–H and O–H groups in total. The van der Waals surface area contributed by atoms with Crippen LogP contribution in [0.5, 0.6) is 0 Å². The second-order valence-electron chi connectivity index (χ2n) is 5.64. The van der Waals surface area contributed by atoms with Crippen molar-refractivity contribution in [3.05, 3.63) is 78.4 Å². The maximum absolute atomic E-state index is 12.8. The summed E-state index contributed by atoms with van der Waals surface area (Å²) in [5, 5.41) is 11.0. The Bertz CT molecular complexity index is 1050. The number of carbonyl (C=O) groups excluding carboxylic acids is 1. The van der Waals surface area contributed by atoms with Gasteiger partial charge >= 0.3 is 0 Å². The van der Waals surface area contributed by atoms with Crippen LogP contribution in [0.15, 0.2) is 71.5 Å². The van der Waals surface area contributed by atoms with Crippen LogP contribution in [0.25, 0.3) is 17.1 Å². The highest BCUT2D eigenvalue weighted by Crippen LogP contribution is 2.21. The van der Waals surface area contributed by atoms with Gasteiger partial charge in [-0.1, -0.05) is 29.4 Å². The molecule has 2 heterocycles. The topological polar surface area (TPSA) is 85.8 Å². The van der Waals surface area contributed by atoms with Crippen molar-refractivity contribution in [1.82, 2.24) is 19.9 Å². The number of carbonyl (C=O) groups is 1. The Hall–Kier alpha value is -3.74. The Morgan fingerprint density at radius 2 is 2.00 bits per heavy atom. The molecular weight excluding hydrogens is 330 g/mol. The summed E-state index contributed by atoms with van der Waals surface area (Å²) in [6, 6.07) is 16.4. The smallest absolute Gasteiger partial charge is 0.257 e. The van der Waals surface area contributed by atoms with E-state index >= 15 is 0 Å². The third kappa shape index (κ3) is 3.10. The molecule has 1 amide bonds. The molecule has 0 radical (unpaired) electrons.